The van der Waals surface area contributed by atoms with Gasteiger partial charge in [0, 0.05) is 0 Å². The molecule has 0 rings (SSSR count). The molecule has 0 nitrogen and oxygen atoms in total. The Morgan fingerprint density at radius 3 is 1.43 bits per heavy atom. The fraction of sp³-hybridized carbons (Fsp3) is 0. The molecule has 44 valence electrons. The maximum atomic E-state index is 11.4. The summed E-state index contributed by atoms with van der Waals surface area (Å²) >= 11 is -0.902. The van der Waals surface area contributed by atoms with Crippen molar-refractivity contribution in [2.45, 2.75) is 0 Å². The summed E-state index contributed by atoms with van der Waals surface area (Å²) in [6.07, 6.45) is 0. The summed E-state index contributed by atoms with van der Waals surface area (Å²) in [7, 11) is -4.47. The third kappa shape index (κ3) is 3.29. The molecule has 7 heavy (non-hydrogen) atoms. The van der Waals surface area contributed by atoms with Crippen LogP contribution in [0.1, 0.15) is 0 Å². The molecule has 0 saturated heterocycles. The van der Waals surface area contributed by atoms with Crippen LogP contribution in [0.25, 0.3) is 0 Å². The van der Waals surface area contributed by atoms with E-state index >= 15 is 0 Å². The van der Waals surface area contributed by atoms with Gasteiger partial charge in [-0.05, 0) is 0 Å². The van der Waals surface area contributed by atoms with Crippen molar-refractivity contribution in [3.05, 3.63) is 0 Å². The van der Waals surface area contributed by atoms with Gasteiger partial charge in [-0.3, -0.25) is 0 Å². The Kier molecular flexibility index (Phi) is 2.54. The molecular weight excluding hydrogens is 205 g/mol. The van der Waals surface area contributed by atoms with Crippen molar-refractivity contribution in [1.29, 1.82) is 0 Å². The zero-order valence-corrected chi connectivity index (χ0v) is 9.94. The third-order valence-electron chi connectivity index (χ3n) is 0.383. The zero-order valence-electron chi connectivity index (χ0n) is 3.59. The summed E-state index contributed by atoms with van der Waals surface area (Å²) in [5.74, 6) is 0. The molecular formula is H4F4GeSi2. The SMILES string of the molecule is F[SiH](F)[Si](F)(F)[GeH3]. The van der Waals surface area contributed by atoms with Crippen LogP contribution in [0.15, 0.2) is 0 Å². The first-order valence-electron chi connectivity index (χ1n) is 1.60. The van der Waals surface area contributed by atoms with Gasteiger partial charge in [-0.2, -0.15) is 0 Å². The number of halogens is 4. The molecule has 0 radical (unpaired) electrons. The predicted octanol–water partition coefficient (Wildman–Crippen LogP) is -0.532. The standard InChI is InChI=1S/F4GeH4Si2/c1-6(2)7(3,4)5/h6H,5H3. The van der Waals surface area contributed by atoms with Crippen LogP contribution in [0.4, 0.5) is 16.4 Å². The Labute approximate surface area is 48.6 Å². The Balaban J connectivity index is 3.54. The van der Waals surface area contributed by atoms with Crippen molar-refractivity contribution in [2.24, 2.45) is 0 Å². The summed E-state index contributed by atoms with van der Waals surface area (Å²) in [5, 5.41) is 0. The van der Waals surface area contributed by atoms with E-state index in [-0.39, 0.29) is 0 Å². The van der Waals surface area contributed by atoms with Crippen LogP contribution in [0, 0.1) is 0 Å². The Bertz CT molecular complexity index is 55.2. The number of hydrogen-bond donors (Lipinski definition) is 0. The summed E-state index contributed by atoms with van der Waals surface area (Å²) in [6.45, 7) is -4.74. The first kappa shape index (κ1) is 7.70. The third-order valence-corrected chi connectivity index (χ3v) is 11.7. The molecule has 7 heteroatoms. The predicted molar refractivity (Wildman–Crippen MR) is 27.3 cm³/mol. The topological polar surface area (TPSA) is 0 Å². The molecule has 0 N–H and O–H groups in total. The van der Waals surface area contributed by atoms with E-state index in [4.69, 9.17) is 0 Å². The maximum absolute atomic E-state index is 11.4. The normalized spacial score (nSPS) is 13.3. The molecule has 0 aromatic heterocycles. The summed E-state index contributed by atoms with van der Waals surface area (Å²) < 4.78 is 44.8. The van der Waals surface area contributed by atoms with E-state index in [1.807, 2.05) is 0 Å². The van der Waals surface area contributed by atoms with E-state index < -0.39 is 31.6 Å². The van der Waals surface area contributed by atoms with Crippen molar-refractivity contribution in [3.63, 3.8) is 0 Å². The summed E-state index contributed by atoms with van der Waals surface area (Å²) in [4.78, 5) is 0. The van der Waals surface area contributed by atoms with Crippen molar-refractivity contribution < 1.29 is 16.4 Å². The minimum absolute atomic E-state index is 0.902. The van der Waals surface area contributed by atoms with Crippen LogP contribution in [0.3, 0.4) is 0 Å². The molecule has 0 heterocycles. The van der Waals surface area contributed by atoms with Gasteiger partial charge < -0.3 is 0 Å². The van der Waals surface area contributed by atoms with E-state index in [1.165, 1.54) is 0 Å². The Hall–Kier alpha value is 0.697. The molecule has 0 bridgehead atoms. The monoisotopic (exact) mass is 210 g/mol. The van der Waals surface area contributed by atoms with Crippen LogP contribution < -0.4 is 0 Å². The van der Waals surface area contributed by atoms with Gasteiger partial charge in [0.2, 0.25) is 0 Å². The van der Waals surface area contributed by atoms with Crippen LogP contribution in [0.2, 0.25) is 0 Å². The first-order chi connectivity index (χ1) is 2.94. The average molecular weight is 209 g/mol. The van der Waals surface area contributed by atoms with Gasteiger partial charge in [0.1, 0.15) is 0 Å². The van der Waals surface area contributed by atoms with E-state index in [2.05, 4.69) is 0 Å². The molecule has 0 aliphatic rings. The second-order valence-corrected chi connectivity index (χ2v) is 23.8. The van der Waals surface area contributed by atoms with Gasteiger partial charge >= 0.3 is 48.1 Å². The Morgan fingerprint density at radius 1 is 1.29 bits per heavy atom. The molecule has 0 amide bonds. The van der Waals surface area contributed by atoms with Gasteiger partial charge in [0.25, 0.3) is 0 Å². The zero-order chi connectivity index (χ0) is 6.08. The van der Waals surface area contributed by atoms with Gasteiger partial charge in [-0.25, -0.2) is 0 Å². The fourth-order valence-corrected chi connectivity index (χ4v) is 0. The second-order valence-electron chi connectivity index (χ2n) is 1.26. The summed E-state index contributed by atoms with van der Waals surface area (Å²) in [6, 6.07) is 0. The number of rotatable bonds is 1. The summed E-state index contributed by atoms with van der Waals surface area (Å²) in [5.41, 5.74) is 0. The van der Waals surface area contributed by atoms with Gasteiger partial charge in [0.15, 0.2) is 0 Å². The molecule has 0 aliphatic heterocycles. The van der Waals surface area contributed by atoms with Crippen molar-refractivity contribution in [3.8, 4) is 0 Å². The first-order valence-corrected chi connectivity index (χ1v) is 12.8. The second kappa shape index (κ2) is 2.31. The fourth-order valence-electron chi connectivity index (χ4n) is 0. The van der Waals surface area contributed by atoms with E-state index in [0.717, 1.165) is 0 Å². The molecule has 0 aliphatic carbocycles. The van der Waals surface area contributed by atoms with E-state index in [9.17, 15) is 16.4 Å². The van der Waals surface area contributed by atoms with Crippen LogP contribution in [-0.4, -0.2) is 31.6 Å². The molecule has 0 saturated carbocycles. The molecule has 0 fully saturated rings. The van der Waals surface area contributed by atoms with E-state index in [1.54, 1.807) is 0 Å². The van der Waals surface area contributed by atoms with Crippen LogP contribution >= 0.6 is 0 Å². The molecule has 0 atom stereocenters. The van der Waals surface area contributed by atoms with Crippen molar-refractivity contribution in [2.75, 3.05) is 0 Å². The van der Waals surface area contributed by atoms with E-state index in [0.29, 0.717) is 0 Å². The minimum atomic E-state index is -4.74. The molecule has 0 aromatic rings. The van der Waals surface area contributed by atoms with Gasteiger partial charge in [-0.15, -0.1) is 0 Å². The van der Waals surface area contributed by atoms with Crippen LogP contribution in [0.5, 0.6) is 0 Å². The molecule has 0 spiro atoms. The quantitative estimate of drug-likeness (QED) is 0.309. The Morgan fingerprint density at radius 2 is 1.43 bits per heavy atom. The molecule has 0 aromatic carbocycles. The average Bonchev–Trinajstić information content (AvgIpc) is 1.31. The van der Waals surface area contributed by atoms with Gasteiger partial charge in [0.05, 0.1) is 0 Å². The van der Waals surface area contributed by atoms with Gasteiger partial charge in [-0.1, -0.05) is 0 Å². The van der Waals surface area contributed by atoms with Crippen molar-refractivity contribution in [1.82, 2.24) is 0 Å². The number of hydrogen-bond acceptors (Lipinski definition) is 0. The van der Waals surface area contributed by atoms with Crippen molar-refractivity contribution >= 4 is 31.6 Å². The molecule has 0 unspecified atom stereocenters. The van der Waals surface area contributed by atoms with Crippen LogP contribution in [-0.2, 0) is 0 Å².